The Morgan fingerprint density at radius 1 is 1.27 bits per heavy atom. The van der Waals surface area contributed by atoms with Gasteiger partial charge in [-0.2, -0.15) is 0 Å². The molecular weight excluding hydrogens is 288 g/mol. The summed E-state index contributed by atoms with van der Waals surface area (Å²) in [5.41, 5.74) is -2.45. The number of ether oxygens (including phenoxy) is 3. The first-order valence-electron chi connectivity index (χ1n) is 8.15. The monoisotopic (exact) mass is 312 g/mol. The second-order valence-corrected chi connectivity index (χ2v) is 6.69. The van der Waals surface area contributed by atoms with Gasteiger partial charge in [0.05, 0.1) is 25.4 Å². The van der Waals surface area contributed by atoms with Crippen molar-refractivity contribution in [2.24, 2.45) is 5.41 Å². The molecule has 0 radical (unpaired) electrons. The van der Waals surface area contributed by atoms with E-state index in [9.17, 15) is 14.7 Å². The van der Waals surface area contributed by atoms with Crippen molar-refractivity contribution >= 4 is 11.8 Å². The molecule has 2 atom stereocenters. The third kappa shape index (κ3) is 2.37. The number of carbonyl (C=O) groups excluding carboxylic acids is 2. The van der Waals surface area contributed by atoms with Crippen LogP contribution in [0.4, 0.5) is 0 Å². The Balaban J connectivity index is 1.95. The molecule has 3 rings (SSSR count). The first-order valence-corrected chi connectivity index (χ1v) is 8.15. The van der Waals surface area contributed by atoms with Crippen molar-refractivity contribution < 1.29 is 28.9 Å². The molecule has 1 saturated heterocycles. The zero-order valence-corrected chi connectivity index (χ0v) is 13.1. The van der Waals surface area contributed by atoms with Crippen LogP contribution < -0.4 is 0 Å². The molecule has 124 valence electrons. The summed E-state index contributed by atoms with van der Waals surface area (Å²) in [6.07, 6.45) is 2.52. The third-order valence-electron chi connectivity index (χ3n) is 5.39. The molecule has 3 aliphatic rings. The summed E-state index contributed by atoms with van der Waals surface area (Å²) in [5, 5.41) is 11.1. The number of aliphatic hydroxyl groups is 1. The second kappa shape index (κ2) is 5.58. The van der Waals surface area contributed by atoms with Crippen LogP contribution in [0.3, 0.4) is 0 Å². The number of hydrogen-bond acceptors (Lipinski definition) is 6. The molecular formula is C16H24O6. The molecule has 2 aliphatic carbocycles. The number of rotatable bonds is 2. The van der Waals surface area contributed by atoms with Crippen LogP contribution in [0.1, 0.15) is 51.9 Å². The second-order valence-electron chi connectivity index (χ2n) is 6.69. The fourth-order valence-electron chi connectivity index (χ4n) is 4.19. The average molecular weight is 312 g/mol. The molecule has 6 heteroatoms. The van der Waals surface area contributed by atoms with Crippen LogP contribution in [0, 0.1) is 5.41 Å². The molecule has 2 unspecified atom stereocenters. The highest BCUT2D eigenvalue weighted by Crippen LogP contribution is 2.57. The largest absolute Gasteiger partial charge is 0.465 e. The van der Waals surface area contributed by atoms with Crippen LogP contribution in [0.15, 0.2) is 0 Å². The van der Waals surface area contributed by atoms with Crippen LogP contribution >= 0.6 is 0 Å². The van der Waals surface area contributed by atoms with Gasteiger partial charge in [-0.3, -0.25) is 9.59 Å². The topological polar surface area (TPSA) is 82.1 Å². The van der Waals surface area contributed by atoms with Gasteiger partial charge in [-0.1, -0.05) is 0 Å². The summed E-state index contributed by atoms with van der Waals surface area (Å²) in [7, 11) is 0. The lowest BCUT2D eigenvalue weighted by molar-refractivity contribution is -0.319. The number of ketones is 1. The standard InChI is InChI=1S/C16H24O6/c1-2-20-13(18)14-5-4-12(17)10-15(14,19)6-7-16(11-14)21-8-3-9-22-16/h19H,2-11H2,1H3. The molecule has 0 bridgehead atoms. The molecule has 0 amide bonds. The number of esters is 1. The minimum Gasteiger partial charge on any atom is -0.465 e. The molecule has 3 fully saturated rings. The van der Waals surface area contributed by atoms with Gasteiger partial charge in [-0.25, -0.2) is 0 Å². The number of carbonyl (C=O) groups is 2. The highest BCUT2D eigenvalue weighted by atomic mass is 16.7. The lowest BCUT2D eigenvalue weighted by Gasteiger charge is -2.56. The quantitative estimate of drug-likeness (QED) is 0.775. The number of Topliss-reactive ketones (excluding diaryl/α,β-unsaturated/α-hetero) is 1. The van der Waals surface area contributed by atoms with Gasteiger partial charge in [0.1, 0.15) is 11.2 Å². The van der Waals surface area contributed by atoms with E-state index in [-0.39, 0.29) is 31.7 Å². The average Bonchev–Trinajstić information content (AvgIpc) is 2.49. The minimum absolute atomic E-state index is 0.00357. The van der Waals surface area contributed by atoms with E-state index in [1.54, 1.807) is 6.92 Å². The van der Waals surface area contributed by atoms with E-state index >= 15 is 0 Å². The third-order valence-corrected chi connectivity index (χ3v) is 5.39. The van der Waals surface area contributed by atoms with Gasteiger partial charge in [0.25, 0.3) is 0 Å². The summed E-state index contributed by atoms with van der Waals surface area (Å²) >= 11 is 0. The Morgan fingerprint density at radius 2 is 2.00 bits per heavy atom. The Labute approximate surface area is 130 Å². The highest BCUT2D eigenvalue weighted by molar-refractivity contribution is 5.87. The van der Waals surface area contributed by atoms with Crippen LogP contribution in [0.25, 0.3) is 0 Å². The van der Waals surface area contributed by atoms with Gasteiger partial charge in [0, 0.05) is 25.7 Å². The lowest BCUT2D eigenvalue weighted by atomic mass is 9.54. The Bertz CT molecular complexity index is 469. The summed E-state index contributed by atoms with van der Waals surface area (Å²) < 4.78 is 17.0. The normalized spacial score (nSPS) is 37.6. The molecule has 0 aromatic heterocycles. The first kappa shape index (κ1) is 15.9. The van der Waals surface area contributed by atoms with Crippen LogP contribution in [-0.4, -0.2) is 48.1 Å². The summed E-state index contributed by atoms with van der Waals surface area (Å²) in [6, 6.07) is 0. The van der Waals surface area contributed by atoms with Crippen molar-refractivity contribution in [1.82, 2.24) is 0 Å². The van der Waals surface area contributed by atoms with E-state index in [4.69, 9.17) is 14.2 Å². The predicted octanol–water partition coefficient (Wildman–Crippen LogP) is 1.34. The van der Waals surface area contributed by atoms with E-state index in [1.807, 2.05) is 0 Å². The van der Waals surface area contributed by atoms with Gasteiger partial charge in [-0.05, 0) is 26.2 Å². The van der Waals surface area contributed by atoms with Crippen molar-refractivity contribution in [2.75, 3.05) is 19.8 Å². The van der Waals surface area contributed by atoms with Gasteiger partial charge in [-0.15, -0.1) is 0 Å². The predicted molar refractivity (Wildman–Crippen MR) is 76.0 cm³/mol. The SMILES string of the molecule is CCOC(=O)C12CCC(=O)CC1(O)CCC1(C2)OCCCO1. The van der Waals surface area contributed by atoms with Crippen molar-refractivity contribution in [3.8, 4) is 0 Å². The fourth-order valence-corrected chi connectivity index (χ4v) is 4.19. The fraction of sp³-hybridized carbons (Fsp3) is 0.875. The highest BCUT2D eigenvalue weighted by Gasteiger charge is 2.66. The minimum atomic E-state index is -1.34. The van der Waals surface area contributed by atoms with E-state index < -0.39 is 22.8 Å². The summed E-state index contributed by atoms with van der Waals surface area (Å²) in [4.78, 5) is 24.5. The van der Waals surface area contributed by atoms with Gasteiger partial charge >= 0.3 is 5.97 Å². The van der Waals surface area contributed by atoms with Crippen molar-refractivity contribution in [3.05, 3.63) is 0 Å². The Hall–Kier alpha value is -0.980. The molecule has 1 heterocycles. The zero-order chi connectivity index (χ0) is 15.8. The first-order chi connectivity index (χ1) is 10.5. The molecule has 1 spiro atoms. The van der Waals surface area contributed by atoms with Crippen molar-refractivity contribution in [1.29, 1.82) is 0 Å². The molecule has 6 nitrogen and oxygen atoms in total. The van der Waals surface area contributed by atoms with Crippen LogP contribution in [0.5, 0.6) is 0 Å². The van der Waals surface area contributed by atoms with E-state index in [0.717, 1.165) is 6.42 Å². The molecule has 0 aromatic carbocycles. The summed E-state index contributed by atoms with van der Waals surface area (Å²) in [5.74, 6) is -1.25. The number of fused-ring (bicyclic) bond motifs is 1. The molecule has 22 heavy (non-hydrogen) atoms. The van der Waals surface area contributed by atoms with Crippen LogP contribution in [-0.2, 0) is 23.8 Å². The lowest BCUT2D eigenvalue weighted by Crippen LogP contribution is -2.65. The van der Waals surface area contributed by atoms with Gasteiger partial charge in [0.2, 0.25) is 0 Å². The van der Waals surface area contributed by atoms with Crippen molar-refractivity contribution in [2.45, 2.75) is 63.3 Å². The van der Waals surface area contributed by atoms with Gasteiger partial charge in [0.15, 0.2) is 5.79 Å². The molecule has 0 aromatic rings. The van der Waals surface area contributed by atoms with E-state index in [0.29, 0.717) is 32.5 Å². The summed E-state index contributed by atoms with van der Waals surface area (Å²) in [6.45, 7) is 3.18. The smallest absolute Gasteiger partial charge is 0.315 e. The molecule has 2 saturated carbocycles. The van der Waals surface area contributed by atoms with E-state index in [1.165, 1.54) is 0 Å². The maximum atomic E-state index is 12.7. The maximum Gasteiger partial charge on any atom is 0.315 e. The zero-order valence-electron chi connectivity index (χ0n) is 13.1. The maximum absolute atomic E-state index is 12.7. The van der Waals surface area contributed by atoms with Gasteiger partial charge < -0.3 is 19.3 Å². The van der Waals surface area contributed by atoms with Crippen LogP contribution in [0.2, 0.25) is 0 Å². The molecule has 1 aliphatic heterocycles. The molecule has 1 N–H and O–H groups in total. The van der Waals surface area contributed by atoms with Crippen molar-refractivity contribution in [3.63, 3.8) is 0 Å². The Kier molecular flexibility index (Phi) is 4.03. The number of hydrogen-bond donors (Lipinski definition) is 1. The van der Waals surface area contributed by atoms with E-state index in [2.05, 4.69) is 0 Å². The Morgan fingerprint density at radius 3 is 2.68 bits per heavy atom.